The zero-order valence-corrected chi connectivity index (χ0v) is 15.1. The van der Waals surface area contributed by atoms with Crippen molar-refractivity contribution in [3.8, 4) is 0 Å². The molecule has 1 fully saturated rings. The second kappa shape index (κ2) is 7.41. The average Bonchev–Trinajstić information content (AvgIpc) is 2.91. The summed E-state index contributed by atoms with van der Waals surface area (Å²) in [6.45, 7) is 6.19. The Balaban J connectivity index is 1.91. The van der Waals surface area contributed by atoms with Crippen molar-refractivity contribution in [2.45, 2.75) is 51.7 Å². The molecule has 1 aliphatic rings. The van der Waals surface area contributed by atoms with Crippen LogP contribution in [0, 0.1) is 0 Å². The van der Waals surface area contributed by atoms with Gasteiger partial charge >= 0.3 is 12.3 Å². The summed E-state index contributed by atoms with van der Waals surface area (Å²) in [7, 11) is 0. The zero-order chi connectivity index (χ0) is 18.8. The first-order valence-corrected chi connectivity index (χ1v) is 8.28. The van der Waals surface area contributed by atoms with Gasteiger partial charge in [-0.2, -0.15) is 13.2 Å². The van der Waals surface area contributed by atoms with Gasteiger partial charge in [0.25, 0.3) is 0 Å². The van der Waals surface area contributed by atoms with Crippen molar-refractivity contribution in [2.75, 3.05) is 13.1 Å². The molecule has 1 atom stereocenters. The number of nitrogens with zero attached hydrogens (tertiary/aromatic N) is 1. The second-order valence-corrected chi connectivity index (χ2v) is 7.43. The maximum atomic E-state index is 12.8. The first kappa shape index (κ1) is 19.8. The number of carbonyl (C=O) groups is 1. The van der Waals surface area contributed by atoms with Crippen LogP contribution in [-0.2, 0) is 22.3 Å². The van der Waals surface area contributed by atoms with Gasteiger partial charge in [0.05, 0.1) is 24.8 Å². The van der Waals surface area contributed by atoms with Gasteiger partial charge in [-0.1, -0.05) is 11.6 Å². The minimum Gasteiger partial charge on any atom is -0.444 e. The minimum atomic E-state index is -4.46. The maximum absolute atomic E-state index is 12.8. The molecule has 1 aromatic carbocycles. The monoisotopic (exact) mass is 379 g/mol. The standard InChI is InChI=1S/C17H21ClF3NO3/c1-16(2,3)25-15(23)22-5-4-14(9-22)24-10-11-6-12(17(19,20)21)8-13(18)7-11/h6-8,14H,4-5,9-10H2,1-3H3. The summed E-state index contributed by atoms with van der Waals surface area (Å²) in [6.07, 6.45) is -4.52. The molecule has 140 valence electrons. The Morgan fingerprint density at radius 3 is 2.56 bits per heavy atom. The molecule has 0 radical (unpaired) electrons. The SMILES string of the molecule is CC(C)(C)OC(=O)N1CCC(OCc2cc(Cl)cc(C(F)(F)F)c2)C1. The molecule has 1 unspecified atom stereocenters. The third kappa shape index (κ3) is 6.08. The summed E-state index contributed by atoms with van der Waals surface area (Å²) in [5, 5.41) is 0.00947. The highest BCUT2D eigenvalue weighted by molar-refractivity contribution is 6.30. The Hall–Kier alpha value is -1.47. The molecular formula is C17H21ClF3NO3. The first-order chi connectivity index (χ1) is 11.4. The molecule has 0 bridgehead atoms. The van der Waals surface area contributed by atoms with Crippen molar-refractivity contribution in [2.24, 2.45) is 0 Å². The smallest absolute Gasteiger partial charge is 0.416 e. The fourth-order valence-electron chi connectivity index (χ4n) is 2.47. The molecule has 0 aromatic heterocycles. The Morgan fingerprint density at radius 2 is 1.96 bits per heavy atom. The van der Waals surface area contributed by atoms with Gasteiger partial charge in [-0.05, 0) is 51.0 Å². The lowest BCUT2D eigenvalue weighted by Gasteiger charge is -2.24. The summed E-state index contributed by atoms with van der Waals surface area (Å²) < 4.78 is 49.4. The maximum Gasteiger partial charge on any atom is 0.416 e. The lowest BCUT2D eigenvalue weighted by atomic mass is 10.1. The molecule has 1 heterocycles. The third-order valence-electron chi connectivity index (χ3n) is 3.57. The fourth-order valence-corrected chi connectivity index (χ4v) is 2.73. The molecule has 0 N–H and O–H groups in total. The number of benzene rings is 1. The van der Waals surface area contributed by atoms with E-state index < -0.39 is 23.4 Å². The molecule has 0 saturated carbocycles. The predicted octanol–water partition coefficient (Wildman–Crippen LogP) is 4.88. The van der Waals surface area contributed by atoms with Crippen LogP contribution in [0.5, 0.6) is 0 Å². The number of hydrogen-bond acceptors (Lipinski definition) is 3. The summed E-state index contributed by atoms with van der Waals surface area (Å²) in [5.74, 6) is 0. The number of halogens is 4. The van der Waals surface area contributed by atoms with E-state index in [1.54, 1.807) is 20.8 Å². The van der Waals surface area contributed by atoms with Crippen LogP contribution in [0.2, 0.25) is 5.02 Å². The largest absolute Gasteiger partial charge is 0.444 e. The Labute approximate surface area is 149 Å². The fraction of sp³-hybridized carbons (Fsp3) is 0.588. The Kier molecular flexibility index (Phi) is 5.89. The molecule has 0 aliphatic carbocycles. The van der Waals surface area contributed by atoms with Crippen LogP contribution in [0.15, 0.2) is 18.2 Å². The number of amides is 1. The highest BCUT2D eigenvalue weighted by Crippen LogP contribution is 2.32. The molecule has 1 saturated heterocycles. The zero-order valence-electron chi connectivity index (χ0n) is 14.3. The van der Waals surface area contributed by atoms with E-state index in [4.69, 9.17) is 21.1 Å². The molecule has 25 heavy (non-hydrogen) atoms. The summed E-state index contributed by atoms with van der Waals surface area (Å²) in [4.78, 5) is 13.5. The van der Waals surface area contributed by atoms with Gasteiger partial charge in [0.1, 0.15) is 5.60 Å². The van der Waals surface area contributed by atoms with Crippen LogP contribution in [0.25, 0.3) is 0 Å². The molecule has 1 amide bonds. The van der Waals surface area contributed by atoms with E-state index in [9.17, 15) is 18.0 Å². The second-order valence-electron chi connectivity index (χ2n) is 6.99. The van der Waals surface area contributed by atoms with Gasteiger partial charge in [0, 0.05) is 11.6 Å². The molecule has 8 heteroatoms. The molecule has 2 rings (SSSR count). The van der Waals surface area contributed by atoms with Crippen molar-refractivity contribution in [3.63, 3.8) is 0 Å². The van der Waals surface area contributed by atoms with Crippen molar-refractivity contribution in [1.82, 2.24) is 4.90 Å². The topological polar surface area (TPSA) is 38.8 Å². The van der Waals surface area contributed by atoms with Gasteiger partial charge in [0.15, 0.2) is 0 Å². The van der Waals surface area contributed by atoms with Crippen LogP contribution >= 0.6 is 11.6 Å². The molecular weight excluding hydrogens is 359 g/mol. The van der Waals surface area contributed by atoms with E-state index in [0.29, 0.717) is 25.1 Å². The number of likely N-dealkylation sites (tertiary alicyclic amines) is 1. The number of alkyl halides is 3. The van der Waals surface area contributed by atoms with Crippen molar-refractivity contribution in [1.29, 1.82) is 0 Å². The van der Waals surface area contributed by atoms with Crippen LogP contribution < -0.4 is 0 Å². The normalized spacial score (nSPS) is 18.5. The summed E-state index contributed by atoms with van der Waals surface area (Å²) in [6, 6.07) is 3.34. The van der Waals surface area contributed by atoms with Gasteiger partial charge in [-0.3, -0.25) is 0 Å². The van der Waals surface area contributed by atoms with E-state index in [2.05, 4.69) is 0 Å². The van der Waals surface area contributed by atoms with E-state index in [-0.39, 0.29) is 17.7 Å². The predicted molar refractivity (Wildman–Crippen MR) is 87.5 cm³/mol. The summed E-state index contributed by atoms with van der Waals surface area (Å²) in [5.41, 5.74) is -1.04. The average molecular weight is 380 g/mol. The van der Waals surface area contributed by atoms with Crippen molar-refractivity contribution >= 4 is 17.7 Å². The van der Waals surface area contributed by atoms with Crippen LogP contribution in [-0.4, -0.2) is 35.8 Å². The highest BCUT2D eigenvalue weighted by atomic mass is 35.5. The quantitative estimate of drug-likeness (QED) is 0.751. The van der Waals surface area contributed by atoms with Crippen LogP contribution in [0.1, 0.15) is 38.3 Å². The Bertz CT molecular complexity index is 629. The van der Waals surface area contributed by atoms with Gasteiger partial charge in [-0.25, -0.2) is 4.79 Å². The first-order valence-electron chi connectivity index (χ1n) is 7.90. The number of carbonyl (C=O) groups excluding carboxylic acids is 1. The van der Waals surface area contributed by atoms with E-state index in [0.717, 1.165) is 12.1 Å². The number of ether oxygens (including phenoxy) is 2. The van der Waals surface area contributed by atoms with E-state index in [1.807, 2.05) is 0 Å². The van der Waals surface area contributed by atoms with Crippen molar-refractivity contribution < 1.29 is 27.4 Å². The lowest BCUT2D eigenvalue weighted by Crippen LogP contribution is -2.36. The molecule has 1 aromatic rings. The van der Waals surface area contributed by atoms with E-state index in [1.165, 1.54) is 11.0 Å². The van der Waals surface area contributed by atoms with Gasteiger partial charge in [0.2, 0.25) is 0 Å². The Morgan fingerprint density at radius 1 is 1.28 bits per heavy atom. The molecule has 0 spiro atoms. The number of hydrogen-bond donors (Lipinski definition) is 0. The lowest BCUT2D eigenvalue weighted by molar-refractivity contribution is -0.137. The van der Waals surface area contributed by atoms with Crippen molar-refractivity contribution in [3.05, 3.63) is 34.3 Å². The minimum absolute atomic E-state index is 0.00351. The molecule has 1 aliphatic heterocycles. The van der Waals surface area contributed by atoms with Gasteiger partial charge < -0.3 is 14.4 Å². The summed E-state index contributed by atoms with van der Waals surface area (Å²) >= 11 is 5.75. The third-order valence-corrected chi connectivity index (χ3v) is 3.79. The highest BCUT2D eigenvalue weighted by Gasteiger charge is 2.32. The van der Waals surface area contributed by atoms with Crippen LogP contribution in [0.3, 0.4) is 0 Å². The van der Waals surface area contributed by atoms with Crippen LogP contribution in [0.4, 0.5) is 18.0 Å². The van der Waals surface area contributed by atoms with Gasteiger partial charge in [-0.15, -0.1) is 0 Å². The van der Waals surface area contributed by atoms with E-state index >= 15 is 0 Å². The number of rotatable bonds is 3. The molecule has 4 nitrogen and oxygen atoms in total.